The van der Waals surface area contributed by atoms with E-state index in [1.54, 1.807) is 11.7 Å². The number of halogens is 2. The van der Waals surface area contributed by atoms with Crippen LogP contribution in [0.25, 0.3) is 11.0 Å². The summed E-state index contributed by atoms with van der Waals surface area (Å²) in [5, 5.41) is 5.86. The van der Waals surface area contributed by atoms with E-state index in [9.17, 15) is 13.6 Å². The number of aryl methyl sites for hydroxylation is 1. The van der Waals surface area contributed by atoms with Gasteiger partial charge in [-0.1, -0.05) is 6.92 Å². The summed E-state index contributed by atoms with van der Waals surface area (Å²) in [4.78, 5) is 21.0. The summed E-state index contributed by atoms with van der Waals surface area (Å²) in [6.07, 6.45) is 4.53. The predicted molar refractivity (Wildman–Crippen MR) is 107 cm³/mol. The van der Waals surface area contributed by atoms with E-state index in [4.69, 9.17) is 0 Å². The Bertz CT molecular complexity index is 1080. The molecule has 3 aromatic rings. The molecule has 1 aromatic carbocycles. The molecular formula is C21H22F2N4OS. The highest BCUT2D eigenvalue weighted by atomic mass is 32.1. The molecule has 2 fully saturated rings. The first-order valence-electron chi connectivity index (χ1n) is 10.0. The Balaban J connectivity index is 1.27. The number of fused-ring (bicyclic) bond motifs is 2. The third-order valence-electron chi connectivity index (χ3n) is 6.57. The van der Waals surface area contributed by atoms with Gasteiger partial charge in [0, 0.05) is 29.6 Å². The second-order valence-corrected chi connectivity index (χ2v) is 9.24. The SMILES string of the molecule is CC[C@@H](NC(=O)c1csc(C)n1)C1[C@H]2CC(n3cnc4cc(F)c(F)cc43)C[C@@H]12. The number of hydrogen-bond acceptors (Lipinski definition) is 4. The fraction of sp³-hybridized carbons (Fsp3) is 0.476. The van der Waals surface area contributed by atoms with Crippen molar-refractivity contribution < 1.29 is 13.6 Å². The number of carbonyl (C=O) groups is 1. The number of amides is 1. The van der Waals surface area contributed by atoms with Crippen LogP contribution in [0, 0.1) is 36.3 Å². The van der Waals surface area contributed by atoms with Crippen molar-refractivity contribution >= 4 is 28.3 Å². The lowest BCUT2D eigenvalue weighted by Crippen LogP contribution is -2.37. The van der Waals surface area contributed by atoms with Gasteiger partial charge < -0.3 is 9.88 Å². The number of hydrogen-bond donors (Lipinski definition) is 1. The number of rotatable bonds is 5. The van der Waals surface area contributed by atoms with E-state index in [0.29, 0.717) is 34.5 Å². The Kier molecular flexibility index (Phi) is 4.42. The van der Waals surface area contributed by atoms with Crippen LogP contribution in [-0.2, 0) is 0 Å². The summed E-state index contributed by atoms with van der Waals surface area (Å²) in [5.41, 5.74) is 1.62. The Morgan fingerprint density at radius 2 is 2.03 bits per heavy atom. The van der Waals surface area contributed by atoms with Crippen molar-refractivity contribution in [2.24, 2.45) is 17.8 Å². The molecule has 1 amide bonds. The zero-order valence-corrected chi connectivity index (χ0v) is 17.0. The number of nitrogens with zero attached hydrogens (tertiary/aromatic N) is 3. The van der Waals surface area contributed by atoms with Crippen LogP contribution in [0.3, 0.4) is 0 Å². The molecule has 0 radical (unpaired) electrons. The smallest absolute Gasteiger partial charge is 0.270 e. The summed E-state index contributed by atoms with van der Waals surface area (Å²) in [6, 6.07) is 2.78. The largest absolute Gasteiger partial charge is 0.348 e. The van der Waals surface area contributed by atoms with Crippen molar-refractivity contribution in [1.29, 1.82) is 0 Å². The normalized spacial score (nSPS) is 26.5. The molecule has 2 aliphatic rings. The van der Waals surface area contributed by atoms with Gasteiger partial charge in [-0.3, -0.25) is 4.79 Å². The first kappa shape index (κ1) is 18.7. The molecule has 5 nitrogen and oxygen atoms in total. The molecule has 2 aliphatic carbocycles. The average molecular weight is 416 g/mol. The summed E-state index contributed by atoms with van der Waals surface area (Å²) in [6.45, 7) is 3.99. The van der Waals surface area contributed by atoms with Crippen molar-refractivity contribution in [1.82, 2.24) is 19.9 Å². The van der Waals surface area contributed by atoms with Crippen LogP contribution < -0.4 is 5.32 Å². The van der Waals surface area contributed by atoms with Gasteiger partial charge in [-0.2, -0.15) is 0 Å². The maximum Gasteiger partial charge on any atom is 0.270 e. The third kappa shape index (κ3) is 3.13. The number of carbonyl (C=O) groups excluding carboxylic acids is 1. The number of benzene rings is 1. The highest BCUT2D eigenvalue weighted by Crippen LogP contribution is 2.62. The zero-order valence-electron chi connectivity index (χ0n) is 16.2. The van der Waals surface area contributed by atoms with Gasteiger partial charge in [0.1, 0.15) is 5.69 Å². The highest BCUT2D eigenvalue weighted by Gasteiger charge is 2.59. The molecule has 0 aliphatic heterocycles. The first-order valence-corrected chi connectivity index (χ1v) is 10.9. The molecule has 2 saturated carbocycles. The van der Waals surface area contributed by atoms with Gasteiger partial charge >= 0.3 is 0 Å². The molecule has 5 rings (SSSR count). The average Bonchev–Trinajstić information content (AvgIpc) is 3.11. The van der Waals surface area contributed by atoms with E-state index in [2.05, 4.69) is 22.2 Å². The van der Waals surface area contributed by atoms with Crippen LogP contribution in [0.2, 0.25) is 0 Å². The van der Waals surface area contributed by atoms with Crippen LogP contribution in [0.4, 0.5) is 8.78 Å². The molecule has 2 aromatic heterocycles. The van der Waals surface area contributed by atoms with Gasteiger partial charge in [0.2, 0.25) is 0 Å². The summed E-state index contributed by atoms with van der Waals surface area (Å²) >= 11 is 1.48. The lowest BCUT2D eigenvalue weighted by atomic mass is 9.99. The third-order valence-corrected chi connectivity index (χ3v) is 7.34. The van der Waals surface area contributed by atoms with E-state index in [1.807, 2.05) is 11.5 Å². The Hall–Kier alpha value is -2.35. The molecule has 29 heavy (non-hydrogen) atoms. The van der Waals surface area contributed by atoms with Crippen molar-refractivity contribution in [2.45, 2.75) is 45.2 Å². The predicted octanol–water partition coefficient (Wildman–Crippen LogP) is 4.49. The highest BCUT2D eigenvalue weighted by molar-refractivity contribution is 7.09. The van der Waals surface area contributed by atoms with E-state index in [1.165, 1.54) is 17.4 Å². The van der Waals surface area contributed by atoms with Crippen molar-refractivity contribution in [3.05, 3.63) is 46.2 Å². The Morgan fingerprint density at radius 3 is 2.69 bits per heavy atom. The van der Waals surface area contributed by atoms with Gasteiger partial charge in [-0.05, 0) is 43.9 Å². The van der Waals surface area contributed by atoms with E-state index >= 15 is 0 Å². The van der Waals surface area contributed by atoms with Crippen LogP contribution in [0.5, 0.6) is 0 Å². The topological polar surface area (TPSA) is 59.8 Å². The number of nitrogens with one attached hydrogen (secondary N) is 1. The molecule has 2 unspecified atom stereocenters. The minimum absolute atomic E-state index is 0.0965. The van der Waals surface area contributed by atoms with E-state index < -0.39 is 11.6 Å². The molecule has 0 bridgehead atoms. The van der Waals surface area contributed by atoms with Crippen LogP contribution in [0.1, 0.15) is 47.7 Å². The molecule has 152 valence electrons. The lowest BCUT2D eigenvalue weighted by Gasteiger charge is -2.22. The lowest BCUT2D eigenvalue weighted by molar-refractivity contribution is 0.0922. The molecule has 0 saturated heterocycles. The van der Waals surface area contributed by atoms with Crippen LogP contribution in [-0.4, -0.2) is 26.5 Å². The molecule has 5 atom stereocenters. The van der Waals surface area contributed by atoms with Gasteiger partial charge in [0.15, 0.2) is 11.6 Å². The number of aromatic nitrogens is 3. The standard InChI is InChI=1S/C21H22F2N4OS/c1-3-16(26-21(28)18-8-29-10(2)25-18)20-12-4-11(5-13(12)20)27-9-24-17-6-14(22)15(23)7-19(17)27/h6-9,11-13,16,20H,3-5H2,1-2H3,(H,26,28)/t11?,12-,13+,16-,20?/m1/s1. The van der Waals surface area contributed by atoms with Gasteiger partial charge in [0.05, 0.1) is 22.4 Å². The number of imidazole rings is 1. The second kappa shape index (κ2) is 6.86. The van der Waals surface area contributed by atoms with Crippen molar-refractivity contribution in [3.63, 3.8) is 0 Å². The Morgan fingerprint density at radius 1 is 1.31 bits per heavy atom. The monoisotopic (exact) mass is 416 g/mol. The van der Waals surface area contributed by atoms with Gasteiger partial charge in [0.25, 0.3) is 5.91 Å². The van der Waals surface area contributed by atoms with E-state index in [-0.39, 0.29) is 18.0 Å². The first-order chi connectivity index (χ1) is 14.0. The van der Waals surface area contributed by atoms with Crippen molar-refractivity contribution in [3.8, 4) is 0 Å². The van der Waals surface area contributed by atoms with Crippen molar-refractivity contribution in [2.75, 3.05) is 0 Å². The van der Waals surface area contributed by atoms with Crippen LogP contribution in [0.15, 0.2) is 23.8 Å². The fourth-order valence-electron chi connectivity index (χ4n) is 5.18. The summed E-state index contributed by atoms with van der Waals surface area (Å²) in [7, 11) is 0. The molecule has 8 heteroatoms. The molecule has 2 heterocycles. The summed E-state index contributed by atoms with van der Waals surface area (Å²) < 4.78 is 29.1. The maximum atomic E-state index is 13.7. The van der Waals surface area contributed by atoms with E-state index in [0.717, 1.165) is 30.3 Å². The number of thiazole rings is 1. The maximum absolute atomic E-state index is 13.7. The fourth-order valence-corrected chi connectivity index (χ4v) is 5.77. The van der Waals surface area contributed by atoms with Crippen LogP contribution >= 0.6 is 11.3 Å². The second-order valence-electron chi connectivity index (χ2n) is 8.18. The minimum Gasteiger partial charge on any atom is -0.348 e. The van der Waals surface area contributed by atoms with Gasteiger partial charge in [-0.15, -0.1) is 11.3 Å². The Labute approximate surface area is 171 Å². The molecular weight excluding hydrogens is 394 g/mol. The zero-order chi connectivity index (χ0) is 20.3. The quantitative estimate of drug-likeness (QED) is 0.667. The molecule has 1 N–H and O–H groups in total. The van der Waals surface area contributed by atoms with Gasteiger partial charge in [-0.25, -0.2) is 18.7 Å². The molecule has 0 spiro atoms. The minimum atomic E-state index is -0.867. The summed E-state index contributed by atoms with van der Waals surface area (Å²) in [5.74, 6) is -0.236.